The lowest BCUT2D eigenvalue weighted by Gasteiger charge is -2.45. The molecule has 0 atom stereocenters. The molecule has 0 amide bonds. The molecule has 0 aliphatic carbocycles. The number of allylic oxidation sites excluding steroid dienone is 8. The van der Waals surface area contributed by atoms with Crippen molar-refractivity contribution in [2.45, 2.75) is 48.4 Å². The molecular weight excluding hydrogens is 405 g/mol. The first-order valence-corrected chi connectivity index (χ1v) is 17.5. The average molecular weight is 445 g/mol. The van der Waals surface area contributed by atoms with Gasteiger partial charge in [-0.1, -0.05) is 48.6 Å². The Bertz CT molecular complexity index is 490. The van der Waals surface area contributed by atoms with Gasteiger partial charge in [0.2, 0.25) is 0 Å². The van der Waals surface area contributed by atoms with Crippen LogP contribution in [-0.2, 0) is 8.23 Å². The van der Waals surface area contributed by atoms with E-state index in [1.165, 1.54) is 0 Å². The maximum Gasteiger partial charge on any atom is 0.325 e. The minimum absolute atomic E-state index is 0.708. The van der Waals surface area contributed by atoms with Crippen LogP contribution >= 0.6 is 0 Å². The predicted octanol–water partition coefficient (Wildman–Crippen LogP) is 7.84. The van der Waals surface area contributed by atoms with Crippen LogP contribution < -0.4 is 0 Å². The van der Waals surface area contributed by atoms with E-state index in [4.69, 9.17) is 8.23 Å². The first-order valence-electron chi connectivity index (χ1n) is 10.2. The van der Waals surface area contributed by atoms with Crippen molar-refractivity contribution in [2.24, 2.45) is 0 Å². The minimum Gasteiger partial charge on any atom is -0.435 e. The number of hydrogen-bond donors (Lipinski definition) is 0. The minimum atomic E-state index is -2.69. The predicted molar refractivity (Wildman–Crippen MR) is 139 cm³/mol. The van der Waals surface area contributed by atoms with Gasteiger partial charge < -0.3 is 8.23 Å². The van der Waals surface area contributed by atoms with E-state index in [0.29, 0.717) is 12.1 Å². The molecule has 0 rings (SSSR count). The van der Waals surface area contributed by atoms with E-state index in [0.717, 1.165) is 36.3 Å². The molecule has 160 valence electrons. The van der Waals surface area contributed by atoms with Gasteiger partial charge in [-0.05, 0) is 36.3 Å². The first kappa shape index (κ1) is 27.5. The van der Waals surface area contributed by atoms with Crippen LogP contribution in [0.1, 0.15) is 0 Å². The summed E-state index contributed by atoms with van der Waals surface area (Å²) in [6, 6.07) is 6.39. The molecule has 5 heteroatoms. The molecule has 0 unspecified atom stereocenters. The largest absolute Gasteiger partial charge is 0.435 e. The Balaban J connectivity index is 6.43. The molecule has 0 aromatic carbocycles. The van der Waals surface area contributed by atoms with Crippen molar-refractivity contribution in [2.75, 3.05) is 0 Å². The molecular formula is C24H40O2Si3. The lowest BCUT2D eigenvalue weighted by atomic mass is 10.7. The highest BCUT2D eigenvalue weighted by Crippen LogP contribution is 2.37. The topological polar surface area (TPSA) is 18.5 Å². The molecule has 29 heavy (non-hydrogen) atoms. The van der Waals surface area contributed by atoms with Gasteiger partial charge in [-0.2, -0.15) is 0 Å². The summed E-state index contributed by atoms with van der Waals surface area (Å²) in [5.41, 5.74) is 0. The van der Waals surface area contributed by atoms with Crippen LogP contribution in [0.25, 0.3) is 0 Å². The Morgan fingerprint density at radius 3 is 0.759 bits per heavy atom. The number of hydrogen-bond acceptors (Lipinski definition) is 2. The molecule has 0 saturated heterocycles. The third-order valence-electron chi connectivity index (χ3n) is 4.81. The van der Waals surface area contributed by atoms with Crippen LogP contribution in [0.5, 0.6) is 0 Å². The van der Waals surface area contributed by atoms with E-state index in [9.17, 15) is 0 Å². The first-order chi connectivity index (χ1) is 13.9. The summed E-state index contributed by atoms with van der Waals surface area (Å²) >= 11 is 0. The lowest BCUT2D eigenvalue weighted by molar-refractivity contribution is 0.372. The molecule has 0 aliphatic heterocycles. The maximum absolute atomic E-state index is 7.15. The summed E-state index contributed by atoms with van der Waals surface area (Å²) in [6.45, 7) is 31.9. The van der Waals surface area contributed by atoms with E-state index in [-0.39, 0.29) is 0 Å². The molecule has 0 heterocycles. The van der Waals surface area contributed by atoms with Crippen LogP contribution in [-0.4, -0.2) is 25.2 Å². The molecule has 0 N–H and O–H groups in total. The van der Waals surface area contributed by atoms with Gasteiger partial charge in [0, 0.05) is 12.1 Å². The summed E-state index contributed by atoms with van der Waals surface area (Å²) in [4.78, 5) is 0. The molecule has 0 fully saturated rings. The molecule has 2 nitrogen and oxygen atoms in total. The van der Waals surface area contributed by atoms with Crippen LogP contribution in [0.4, 0.5) is 0 Å². The molecule has 0 bridgehead atoms. The van der Waals surface area contributed by atoms with Crippen molar-refractivity contribution >= 4 is 25.2 Å². The van der Waals surface area contributed by atoms with Crippen molar-refractivity contribution in [3.63, 3.8) is 0 Å². The second kappa shape index (κ2) is 14.5. The van der Waals surface area contributed by atoms with Gasteiger partial charge in [0.1, 0.15) is 0 Å². The highest BCUT2D eigenvalue weighted by molar-refractivity contribution is 6.91. The van der Waals surface area contributed by atoms with Gasteiger partial charge in [-0.15, -0.1) is 52.6 Å². The van der Waals surface area contributed by atoms with E-state index in [1.54, 1.807) is 0 Å². The monoisotopic (exact) mass is 444 g/mol. The second-order valence-electron chi connectivity index (χ2n) is 7.42. The molecule has 0 spiro atoms. The highest BCUT2D eigenvalue weighted by Gasteiger charge is 2.49. The zero-order valence-electron chi connectivity index (χ0n) is 18.2. The summed E-state index contributed by atoms with van der Waals surface area (Å²) < 4.78 is 14.3. The molecule has 0 aromatic heterocycles. The fourth-order valence-electron chi connectivity index (χ4n) is 3.83. The van der Waals surface area contributed by atoms with Crippen molar-refractivity contribution in [1.82, 2.24) is 0 Å². The maximum atomic E-state index is 7.15. The van der Waals surface area contributed by atoms with Gasteiger partial charge >= 0.3 is 8.56 Å². The van der Waals surface area contributed by atoms with E-state index < -0.39 is 25.2 Å². The quantitative estimate of drug-likeness (QED) is 0.141. The average Bonchev–Trinajstić information content (AvgIpc) is 2.63. The van der Waals surface area contributed by atoms with Crippen LogP contribution in [0, 0.1) is 0 Å². The standard InChI is InChI=1S/C24H40O2Si3/c1-9-17-27(18-10-2,19-11-3)25-29(23-15-7,24-16-8)26-28(20-12-4,21-13-5)22-14-6/h9-16H,1-8,17-24H2. The lowest BCUT2D eigenvalue weighted by Crippen LogP contribution is -2.58. The summed E-state index contributed by atoms with van der Waals surface area (Å²) in [6.07, 6.45) is 15.6. The van der Waals surface area contributed by atoms with Gasteiger partial charge in [0.25, 0.3) is 0 Å². The van der Waals surface area contributed by atoms with Crippen molar-refractivity contribution in [3.05, 3.63) is 101 Å². The van der Waals surface area contributed by atoms with Gasteiger partial charge in [0.05, 0.1) is 0 Å². The summed E-state index contributed by atoms with van der Waals surface area (Å²) in [5.74, 6) is 0. The van der Waals surface area contributed by atoms with E-state index in [2.05, 4.69) is 52.6 Å². The van der Waals surface area contributed by atoms with Gasteiger partial charge in [-0.3, -0.25) is 0 Å². The smallest absolute Gasteiger partial charge is 0.325 e. The Morgan fingerprint density at radius 1 is 0.379 bits per heavy atom. The Kier molecular flexibility index (Phi) is 13.7. The van der Waals surface area contributed by atoms with Crippen molar-refractivity contribution in [1.29, 1.82) is 0 Å². The van der Waals surface area contributed by atoms with Crippen LogP contribution in [0.2, 0.25) is 48.4 Å². The molecule has 0 aliphatic rings. The van der Waals surface area contributed by atoms with Gasteiger partial charge in [-0.25, -0.2) is 0 Å². The summed E-state index contributed by atoms with van der Waals surface area (Å²) in [5, 5.41) is 0. The van der Waals surface area contributed by atoms with Crippen LogP contribution in [0.3, 0.4) is 0 Å². The Hall–Kier alpha value is -1.51. The molecule has 0 radical (unpaired) electrons. The fraction of sp³-hybridized carbons (Fsp3) is 0.333. The highest BCUT2D eigenvalue weighted by atomic mass is 28.5. The van der Waals surface area contributed by atoms with E-state index >= 15 is 0 Å². The molecule has 0 saturated carbocycles. The van der Waals surface area contributed by atoms with Crippen LogP contribution in [0.15, 0.2) is 101 Å². The van der Waals surface area contributed by atoms with E-state index in [1.807, 2.05) is 48.6 Å². The zero-order chi connectivity index (χ0) is 22.2. The van der Waals surface area contributed by atoms with Gasteiger partial charge in [0.15, 0.2) is 16.6 Å². The number of rotatable bonds is 20. The Morgan fingerprint density at radius 2 is 0.586 bits per heavy atom. The summed E-state index contributed by atoms with van der Waals surface area (Å²) in [7, 11) is -7.17. The fourth-order valence-corrected chi connectivity index (χ4v) is 19.2. The third kappa shape index (κ3) is 8.80. The normalized spacial score (nSPS) is 11.9. The van der Waals surface area contributed by atoms with Crippen molar-refractivity contribution in [3.8, 4) is 0 Å². The zero-order valence-corrected chi connectivity index (χ0v) is 21.2. The molecule has 0 aromatic rings. The Labute approximate surface area is 182 Å². The second-order valence-corrected chi connectivity index (χ2v) is 18.9. The van der Waals surface area contributed by atoms with Crippen molar-refractivity contribution < 1.29 is 8.23 Å². The third-order valence-corrected chi connectivity index (χ3v) is 19.3. The SMILES string of the molecule is C=CC[Si](CC=C)(CC=C)O[Si](CC=C)(CC=C)O[Si](CC=C)(CC=C)CC=C.